The van der Waals surface area contributed by atoms with Crippen LogP contribution in [0.3, 0.4) is 0 Å². The van der Waals surface area contributed by atoms with Crippen LogP contribution in [0.2, 0.25) is 0 Å². The van der Waals surface area contributed by atoms with E-state index in [2.05, 4.69) is 0 Å². The second-order valence-electron chi connectivity index (χ2n) is 5.58. The Kier molecular flexibility index (Phi) is 3.94. The third-order valence-corrected chi connectivity index (χ3v) is 2.95. The fraction of sp³-hybridized carbons (Fsp3) is 0.500. The number of amides is 1. The molecule has 3 nitrogen and oxygen atoms in total. The number of hydrogen-bond acceptors (Lipinski definition) is 2. The number of nitrogens with two attached hydrogens (primary N) is 1. The van der Waals surface area contributed by atoms with E-state index in [1.54, 1.807) is 11.9 Å². The third kappa shape index (κ3) is 3.30. The van der Waals surface area contributed by atoms with Gasteiger partial charge in [0.1, 0.15) is 0 Å². The second kappa shape index (κ2) is 4.88. The molecular weight excluding hydrogens is 212 g/mol. The SMILES string of the molecule is Cc1ccc(N(C)C(=O)C(N)C(C)(C)C)cc1. The molecule has 0 bridgehead atoms. The van der Waals surface area contributed by atoms with E-state index in [9.17, 15) is 4.79 Å². The normalized spacial score (nSPS) is 13.3. The minimum atomic E-state index is -0.492. The number of carbonyl (C=O) groups is 1. The highest BCUT2D eigenvalue weighted by atomic mass is 16.2. The van der Waals surface area contributed by atoms with Gasteiger partial charge in [0.2, 0.25) is 5.91 Å². The zero-order valence-electron chi connectivity index (χ0n) is 11.3. The number of rotatable bonds is 2. The molecule has 1 rings (SSSR count). The van der Waals surface area contributed by atoms with Crippen LogP contribution in [0.15, 0.2) is 24.3 Å². The van der Waals surface area contributed by atoms with Crippen LogP contribution >= 0.6 is 0 Å². The van der Waals surface area contributed by atoms with Crippen molar-refractivity contribution in [2.45, 2.75) is 33.7 Å². The van der Waals surface area contributed by atoms with Crippen molar-refractivity contribution in [3.8, 4) is 0 Å². The van der Waals surface area contributed by atoms with Gasteiger partial charge in [-0.05, 0) is 24.5 Å². The lowest BCUT2D eigenvalue weighted by Gasteiger charge is -2.30. The summed E-state index contributed by atoms with van der Waals surface area (Å²) in [5, 5.41) is 0. The smallest absolute Gasteiger partial charge is 0.244 e. The minimum absolute atomic E-state index is 0.0543. The first kappa shape index (κ1) is 13.7. The Labute approximate surface area is 104 Å². The summed E-state index contributed by atoms with van der Waals surface area (Å²) in [6, 6.07) is 7.35. The van der Waals surface area contributed by atoms with Gasteiger partial charge in [0.15, 0.2) is 0 Å². The van der Waals surface area contributed by atoms with Gasteiger partial charge >= 0.3 is 0 Å². The average molecular weight is 234 g/mol. The molecule has 3 heteroatoms. The first-order valence-corrected chi connectivity index (χ1v) is 5.83. The van der Waals surface area contributed by atoms with Gasteiger partial charge in [0.05, 0.1) is 6.04 Å². The van der Waals surface area contributed by atoms with Crippen molar-refractivity contribution >= 4 is 11.6 Å². The molecule has 0 spiro atoms. The number of carbonyl (C=O) groups excluding carboxylic acids is 1. The highest BCUT2D eigenvalue weighted by Crippen LogP contribution is 2.21. The number of aryl methyl sites for hydroxylation is 1. The van der Waals surface area contributed by atoms with E-state index < -0.39 is 6.04 Å². The van der Waals surface area contributed by atoms with Crippen molar-refractivity contribution in [1.82, 2.24) is 0 Å². The van der Waals surface area contributed by atoms with Gasteiger partial charge in [-0.1, -0.05) is 38.5 Å². The maximum absolute atomic E-state index is 12.2. The fourth-order valence-corrected chi connectivity index (χ4v) is 1.47. The monoisotopic (exact) mass is 234 g/mol. The van der Waals surface area contributed by atoms with Crippen LogP contribution in [0.1, 0.15) is 26.3 Å². The summed E-state index contributed by atoms with van der Waals surface area (Å²) in [4.78, 5) is 13.8. The van der Waals surface area contributed by atoms with Gasteiger partial charge in [0.25, 0.3) is 0 Å². The first-order chi connectivity index (χ1) is 7.73. The van der Waals surface area contributed by atoms with Crippen molar-refractivity contribution in [3.63, 3.8) is 0 Å². The molecule has 94 valence electrons. The van der Waals surface area contributed by atoms with Crippen LogP contribution in [0.5, 0.6) is 0 Å². The number of anilines is 1. The van der Waals surface area contributed by atoms with Crippen molar-refractivity contribution in [2.24, 2.45) is 11.1 Å². The van der Waals surface area contributed by atoms with Crippen LogP contribution in [0, 0.1) is 12.3 Å². The lowest BCUT2D eigenvalue weighted by Crippen LogP contribution is -2.49. The van der Waals surface area contributed by atoms with Crippen molar-refractivity contribution in [2.75, 3.05) is 11.9 Å². The standard InChI is InChI=1S/C14H22N2O/c1-10-6-8-11(9-7-10)16(5)13(17)12(15)14(2,3)4/h6-9,12H,15H2,1-5H3. The Hall–Kier alpha value is -1.35. The van der Waals surface area contributed by atoms with Gasteiger partial charge in [-0.15, -0.1) is 0 Å². The van der Waals surface area contributed by atoms with Gasteiger partial charge in [-0.2, -0.15) is 0 Å². The topological polar surface area (TPSA) is 46.3 Å². The molecule has 2 N–H and O–H groups in total. The lowest BCUT2D eigenvalue weighted by atomic mass is 9.86. The summed E-state index contributed by atoms with van der Waals surface area (Å²) in [6.45, 7) is 7.93. The van der Waals surface area contributed by atoms with E-state index in [1.165, 1.54) is 5.56 Å². The summed E-state index contributed by atoms with van der Waals surface area (Å²) in [5.74, 6) is -0.0543. The minimum Gasteiger partial charge on any atom is -0.319 e. The number of nitrogens with zero attached hydrogens (tertiary/aromatic N) is 1. The van der Waals surface area contributed by atoms with Crippen LogP contribution in [0.4, 0.5) is 5.69 Å². The molecule has 1 aromatic rings. The Bertz CT molecular complexity index is 390. The molecule has 0 fully saturated rings. The van der Waals surface area contributed by atoms with Gasteiger partial charge in [-0.25, -0.2) is 0 Å². The second-order valence-corrected chi connectivity index (χ2v) is 5.58. The van der Waals surface area contributed by atoms with E-state index in [0.717, 1.165) is 5.69 Å². The number of benzene rings is 1. The Morgan fingerprint density at radius 1 is 1.24 bits per heavy atom. The van der Waals surface area contributed by atoms with E-state index in [-0.39, 0.29) is 11.3 Å². The molecule has 0 heterocycles. The molecule has 0 radical (unpaired) electrons. The summed E-state index contributed by atoms with van der Waals surface area (Å²) >= 11 is 0. The van der Waals surface area contributed by atoms with E-state index in [0.29, 0.717) is 0 Å². The summed E-state index contributed by atoms with van der Waals surface area (Å²) in [7, 11) is 1.76. The average Bonchev–Trinajstić information content (AvgIpc) is 2.26. The highest BCUT2D eigenvalue weighted by molar-refractivity contribution is 5.97. The fourth-order valence-electron chi connectivity index (χ4n) is 1.47. The maximum Gasteiger partial charge on any atom is 0.244 e. The van der Waals surface area contributed by atoms with Gasteiger partial charge in [0, 0.05) is 12.7 Å². The van der Waals surface area contributed by atoms with Crippen LogP contribution in [-0.4, -0.2) is 19.0 Å². The predicted octanol–water partition coefficient (Wildman–Crippen LogP) is 2.33. The van der Waals surface area contributed by atoms with Gasteiger partial charge in [-0.3, -0.25) is 4.79 Å². The third-order valence-electron chi connectivity index (χ3n) is 2.95. The van der Waals surface area contributed by atoms with Crippen LogP contribution in [0.25, 0.3) is 0 Å². The molecular formula is C14H22N2O. The molecule has 1 atom stereocenters. The molecule has 1 unspecified atom stereocenters. The molecule has 0 aliphatic rings. The summed E-state index contributed by atoms with van der Waals surface area (Å²) < 4.78 is 0. The van der Waals surface area contributed by atoms with Crippen molar-refractivity contribution in [1.29, 1.82) is 0 Å². The molecule has 0 saturated heterocycles. The molecule has 0 aliphatic heterocycles. The number of hydrogen-bond donors (Lipinski definition) is 1. The molecule has 1 aromatic carbocycles. The molecule has 0 aliphatic carbocycles. The quantitative estimate of drug-likeness (QED) is 0.853. The summed E-state index contributed by atoms with van der Waals surface area (Å²) in [6.07, 6.45) is 0. The molecule has 0 saturated carbocycles. The zero-order chi connectivity index (χ0) is 13.2. The zero-order valence-corrected chi connectivity index (χ0v) is 11.3. The first-order valence-electron chi connectivity index (χ1n) is 5.83. The Morgan fingerprint density at radius 2 is 1.71 bits per heavy atom. The largest absolute Gasteiger partial charge is 0.319 e. The van der Waals surface area contributed by atoms with Gasteiger partial charge < -0.3 is 10.6 Å². The van der Waals surface area contributed by atoms with E-state index in [1.807, 2.05) is 52.0 Å². The predicted molar refractivity (Wildman–Crippen MR) is 72.0 cm³/mol. The molecule has 0 aromatic heterocycles. The van der Waals surface area contributed by atoms with Crippen molar-refractivity contribution in [3.05, 3.63) is 29.8 Å². The lowest BCUT2D eigenvalue weighted by molar-refractivity contribution is -0.121. The summed E-state index contributed by atoms with van der Waals surface area (Å²) in [5.41, 5.74) is 7.80. The highest BCUT2D eigenvalue weighted by Gasteiger charge is 2.30. The van der Waals surface area contributed by atoms with Crippen LogP contribution in [-0.2, 0) is 4.79 Å². The molecule has 1 amide bonds. The van der Waals surface area contributed by atoms with Crippen LogP contribution < -0.4 is 10.6 Å². The van der Waals surface area contributed by atoms with Crippen molar-refractivity contribution < 1.29 is 4.79 Å². The van der Waals surface area contributed by atoms with E-state index in [4.69, 9.17) is 5.73 Å². The molecule has 17 heavy (non-hydrogen) atoms. The maximum atomic E-state index is 12.2. The Balaban J connectivity index is 2.87. The number of likely N-dealkylation sites (N-methyl/N-ethyl adjacent to an activating group) is 1. The van der Waals surface area contributed by atoms with E-state index >= 15 is 0 Å². The Morgan fingerprint density at radius 3 is 2.12 bits per heavy atom.